The molecular formula is C46H29N3. The molecule has 0 radical (unpaired) electrons. The average Bonchev–Trinajstić information content (AvgIpc) is 3.52. The summed E-state index contributed by atoms with van der Waals surface area (Å²) in [5.74, 6) is 0. The summed E-state index contributed by atoms with van der Waals surface area (Å²) in [6.07, 6.45) is 3.56. The lowest BCUT2D eigenvalue weighted by Gasteiger charge is -2.12. The highest BCUT2D eigenvalue weighted by Crippen LogP contribution is 2.38. The summed E-state index contributed by atoms with van der Waals surface area (Å²) in [5.41, 5.74) is 12.6. The van der Waals surface area contributed by atoms with Crippen LogP contribution in [0.3, 0.4) is 0 Å². The molecule has 0 spiro atoms. The molecule has 0 N–H and O–H groups in total. The normalized spacial score (nSPS) is 11.7. The van der Waals surface area contributed by atoms with Gasteiger partial charge in [-0.3, -0.25) is 9.97 Å². The first kappa shape index (κ1) is 27.5. The van der Waals surface area contributed by atoms with Crippen LogP contribution in [0, 0.1) is 0 Å². The van der Waals surface area contributed by atoms with E-state index in [0.717, 1.165) is 21.8 Å². The Balaban J connectivity index is 1.06. The van der Waals surface area contributed by atoms with Crippen molar-refractivity contribution in [2.45, 2.75) is 0 Å². The molecule has 0 aliphatic heterocycles. The van der Waals surface area contributed by atoms with Gasteiger partial charge in [0.05, 0.1) is 22.1 Å². The highest BCUT2D eigenvalue weighted by atomic mass is 15.0. The number of fused-ring (bicyclic) bond motifs is 9. The Labute approximate surface area is 283 Å². The molecule has 0 amide bonds. The van der Waals surface area contributed by atoms with Crippen molar-refractivity contribution in [1.82, 2.24) is 14.5 Å². The molecule has 228 valence electrons. The van der Waals surface area contributed by atoms with Gasteiger partial charge in [0.15, 0.2) is 0 Å². The standard InChI is InChI=1S/C46H29N3/c1-2-14-36(15-3-1)49-43-19-7-6-17-38(43)42-29-35(21-23-44(42)49)33-13-9-11-31(27-33)30-10-8-12-32(26-30)34-20-22-40-41(28-34)37-16-4-5-18-39(37)45-46(40)48-25-24-47-45/h1-29H. The van der Waals surface area contributed by atoms with Gasteiger partial charge in [-0.2, -0.15) is 0 Å². The van der Waals surface area contributed by atoms with Gasteiger partial charge < -0.3 is 4.57 Å². The molecular weight excluding hydrogens is 595 g/mol. The third kappa shape index (κ3) is 4.44. The molecule has 0 saturated carbocycles. The quantitative estimate of drug-likeness (QED) is 0.183. The zero-order valence-electron chi connectivity index (χ0n) is 26.6. The van der Waals surface area contributed by atoms with E-state index in [-0.39, 0.29) is 0 Å². The lowest BCUT2D eigenvalue weighted by atomic mass is 9.93. The second-order valence-corrected chi connectivity index (χ2v) is 12.6. The monoisotopic (exact) mass is 623 g/mol. The molecule has 0 bridgehead atoms. The van der Waals surface area contributed by atoms with Gasteiger partial charge in [0, 0.05) is 39.6 Å². The molecule has 10 aromatic rings. The fraction of sp³-hybridized carbons (Fsp3) is 0. The maximum Gasteiger partial charge on any atom is 0.0971 e. The van der Waals surface area contributed by atoms with E-state index >= 15 is 0 Å². The van der Waals surface area contributed by atoms with Crippen LogP contribution in [0.25, 0.3) is 93.5 Å². The highest BCUT2D eigenvalue weighted by Gasteiger charge is 2.14. The summed E-state index contributed by atoms with van der Waals surface area (Å²) < 4.78 is 2.36. The van der Waals surface area contributed by atoms with E-state index < -0.39 is 0 Å². The molecule has 3 nitrogen and oxygen atoms in total. The maximum atomic E-state index is 4.73. The van der Waals surface area contributed by atoms with Gasteiger partial charge in [0.2, 0.25) is 0 Å². The van der Waals surface area contributed by atoms with E-state index in [1.165, 1.54) is 71.6 Å². The summed E-state index contributed by atoms with van der Waals surface area (Å²) in [4.78, 5) is 9.42. The first-order chi connectivity index (χ1) is 24.3. The fourth-order valence-electron chi connectivity index (χ4n) is 7.57. The Morgan fingerprint density at radius 3 is 1.47 bits per heavy atom. The smallest absolute Gasteiger partial charge is 0.0971 e. The van der Waals surface area contributed by atoms with Crippen LogP contribution in [-0.4, -0.2) is 14.5 Å². The van der Waals surface area contributed by atoms with Crippen molar-refractivity contribution >= 4 is 54.4 Å². The second kappa shape index (κ2) is 11.0. The van der Waals surface area contributed by atoms with Crippen molar-refractivity contribution < 1.29 is 0 Å². The van der Waals surface area contributed by atoms with Crippen molar-refractivity contribution in [3.63, 3.8) is 0 Å². The van der Waals surface area contributed by atoms with E-state index in [0.29, 0.717) is 0 Å². The van der Waals surface area contributed by atoms with Gasteiger partial charge in [-0.15, -0.1) is 0 Å². The minimum absolute atomic E-state index is 0.941. The zero-order chi connectivity index (χ0) is 32.3. The number of benzene rings is 8. The molecule has 2 aromatic heterocycles. The van der Waals surface area contributed by atoms with Crippen molar-refractivity contribution in [2.24, 2.45) is 0 Å². The van der Waals surface area contributed by atoms with E-state index in [1.807, 2.05) is 0 Å². The summed E-state index contributed by atoms with van der Waals surface area (Å²) in [6.45, 7) is 0. The van der Waals surface area contributed by atoms with E-state index in [9.17, 15) is 0 Å². The Hall–Kier alpha value is -6.58. The van der Waals surface area contributed by atoms with Crippen LogP contribution < -0.4 is 0 Å². The first-order valence-corrected chi connectivity index (χ1v) is 16.7. The van der Waals surface area contributed by atoms with Gasteiger partial charge in [0.25, 0.3) is 0 Å². The Bertz CT molecular complexity index is 2850. The van der Waals surface area contributed by atoms with Gasteiger partial charge in [0.1, 0.15) is 0 Å². The number of hydrogen-bond donors (Lipinski definition) is 0. The predicted octanol–water partition coefficient (Wildman–Crippen LogP) is 12.0. The summed E-state index contributed by atoms with van der Waals surface area (Å²) >= 11 is 0. The van der Waals surface area contributed by atoms with Crippen molar-refractivity contribution in [3.05, 3.63) is 176 Å². The number of aromatic nitrogens is 3. The Morgan fingerprint density at radius 1 is 0.306 bits per heavy atom. The predicted molar refractivity (Wildman–Crippen MR) is 205 cm³/mol. The molecule has 49 heavy (non-hydrogen) atoms. The van der Waals surface area contributed by atoms with Crippen LogP contribution in [-0.2, 0) is 0 Å². The van der Waals surface area contributed by atoms with Crippen molar-refractivity contribution in [1.29, 1.82) is 0 Å². The third-order valence-electron chi connectivity index (χ3n) is 9.86. The molecule has 8 aromatic carbocycles. The maximum absolute atomic E-state index is 4.73. The zero-order valence-corrected chi connectivity index (χ0v) is 26.6. The highest BCUT2D eigenvalue weighted by molar-refractivity contribution is 6.23. The van der Waals surface area contributed by atoms with Crippen LogP contribution in [0.15, 0.2) is 176 Å². The number of hydrogen-bond acceptors (Lipinski definition) is 2. The molecule has 0 aliphatic carbocycles. The molecule has 0 fully saturated rings. The lowest BCUT2D eigenvalue weighted by Crippen LogP contribution is -1.92. The Kier molecular flexibility index (Phi) is 6.18. The first-order valence-electron chi connectivity index (χ1n) is 16.7. The minimum atomic E-state index is 0.941. The van der Waals surface area contributed by atoms with E-state index in [4.69, 9.17) is 9.97 Å². The topological polar surface area (TPSA) is 30.7 Å². The molecule has 10 rings (SSSR count). The SMILES string of the molecule is c1ccc(-n2c3ccccc3c3cc(-c4cccc(-c5cccc(-c6ccc7c(c6)c6ccccc6c6nccnc76)c5)c4)ccc32)cc1. The van der Waals surface area contributed by atoms with Crippen LogP contribution in [0.4, 0.5) is 0 Å². The van der Waals surface area contributed by atoms with E-state index in [2.05, 4.69) is 168 Å². The fourth-order valence-corrected chi connectivity index (χ4v) is 7.57. The lowest BCUT2D eigenvalue weighted by molar-refractivity contribution is 1.18. The molecule has 2 heterocycles. The third-order valence-corrected chi connectivity index (χ3v) is 9.86. The van der Waals surface area contributed by atoms with Crippen molar-refractivity contribution in [2.75, 3.05) is 0 Å². The minimum Gasteiger partial charge on any atom is -0.309 e. The van der Waals surface area contributed by atoms with Crippen LogP contribution >= 0.6 is 0 Å². The molecule has 3 heteroatoms. The molecule has 0 aliphatic rings. The average molecular weight is 624 g/mol. The van der Waals surface area contributed by atoms with Crippen LogP contribution in [0.5, 0.6) is 0 Å². The van der Waals surface area contributed by atoms with Crippen LogP contribution in [0.1, 0.15) is 0 Å². The summed E-state index contributed by atoms with van der Waals surface area (Å²) in [6, 6.07) is 59.2. The number of nitrogens with zero attached hydrogens (tertiary/aromatic N) is 3. The van der Waals surface area contributed by atoms with E-state index in [1.54, 1.807) is 12.4 Å². The summed E-state index contributed by atoms with van der Waals surface area (Å²) in [5, 5.41) is 7.15. The van der Waals surface area contributed by atoms with Gasteiger partial charge in [-0.25, -0.2) is 0 Å². The van der Waals surface area contributed by atoms with Gasteiger partial charge in [-0.05, 0) is 92.7 Å². The molecule has 0 unspecified atom stereocenters. The summed E-state index contributed by atoms with van der Waals surface area (Å²) in [7, 11) is 0. The number of para-hydroxylation sites is 2. The molecule has 0 saturated heterocycles. The largest absolute Gasteiger partial charge is 0.309 e. The number of rotatable bonds is 4. The second-order valence-electron chi connectivity index (χ2n) is 12.6. The van der Waals surface area contributed by atoms with Crippen molar-refractivity contribution in [3.8, 4) is 39.1 Å². The van der Waals surface area contributed by atoms with Gasteiger partial charge >= 0.3 is 0 Å². The Morgan fingerprint density at radius 2 is 0.796 bits per heavy atom. The van der Waals surface area contributed by atoms with Gasteiger partial charge in [-0.1, -0.05) is 115 Å². The molecule has 0 atom stereocenters. The van der Waals surface area contributed by atoms with Crippen LogP contribution in [0.2, 0.25) is 0 Å².